The third kappa shape index (κ3) is 4.57. The van der Waals surface area contributed by atoms with Crippen molar-refractivity contribution in [1.29, 1.82) is 0 Å². The number of halogens is 1. The number of benzene rings is 1. The van der Waals surface area contributed by atoms with Crippen molar-refractivity contribution in [2.24, 2.45) is 0 Å². The number of aromatic nitrogens is 2. The monoisotopic (exact) mass is 311 g/mol. The van der Waals surface area contributed by atoms with Crippen molar-refractivity contribution in [2.75, 3.05) is 11.1 Å². The van der Waals surface area contributed by atoms with Gasteiger partial charge in [-0.1, -0.05) is 42.2 Å². The third-order valence-electron chi connectivity index (χ3n) is 2.47. The summed E-state index contributed by atoms with van der Waals surface area (Å²) in [5, 5.41) is 11.1. The van der Waals surface area contributed by atoms with Gasteiger partial charge in [-0.05, 0) is 29.9 Å². The van der Waals surface area contributed by atoms with Gasteiger partial charge in [-0.2, -0.15) is 0 Å². The molecule has 0 saturated carbocycles. The minimum absolute atomic E-state index is 0.112. The molecule has 2 aromatic rings. The molecule has 0 aliphatic rings. The molecule has 0 aliphatic carbocycles. The number of aryl methyl sites for hydroxylation is 1. The number of rotatable bonds is 6. The Kier molecular flexibility index (Phi) is 5.49. The summed E-state index contributed by atoms with van der Waals surface area (Å²) in [5.41, 5.74) is 0.932. The van der Waals surface area contributed by atoms with Crippen LogP contribution in [0.25, 0.3) is 0 Å². The molecular weight excluding hydrogens is 297 g/mol. The van der Waals surface area contributed by atoms with Crippen LogP contribution in [0.3, 0.4) is 0 Å². The standard InChI is InChI=1S/C13H14FN3OS2/c1-2-19-13-17-16-12(20-13)15-11(18)8-5-9-3-6-10(14)7-4-9/h3-4,6-7H,2,5,8H2,1H3,(H,15,16,18). The first kappa shape index (κ1) is 14.9. The Bertz CT molecular complexity index is 571. The van der Waals surface area contributed by atoms with E-state index in [0.29, 0.717) is 18.0 Å². The Labute approximate surface area is 124 Å². The third-order valence-corrected chi connectivity index (χ3v) is 4.33. The zero-order chi connectivity index (χ0) is 14.4. The van der Waals surface area contributed by atoms with Crippen LogP contribution in [-0.2, 0) is 11.2 Å². The number of carbonyl (C=O) groups excluding carboxylic acids is 1. The highest BCUT2D eigenvalue weighted by Crippen LogP contribution is 2.25. The minimum atomic E-state index is -0.270. The number of nitrogens with one attached hydrogen (secondary N) is 1. The lowest BCUT2D eigenvalue weighted by Gasteiger charge is -2.01. The van der Waals surface area contributed by atoms with Gasteiger partial charge in [0.2, 0.25) is 11.0 Å². The van der Waals surface area contributed by atoms with E-state index >= 15 is 0 Å². The van der Waals surface area contributed by atoms with Gasteiger partial charge in [0.05, 0.1) is 0 Å². The predicted molar refractivity (Wildman–Crippen MR) is 79.7 cm³/mol. The second-order valence-corrected chi connectivity index (χ2v) is 6.47. The summed E-state index contributed by atoms with van der Waals surface area (Å²) in [6.45, 7) is 2.03. The normalized spacial score (nSPS) is 10.5. The van der Waals surface area contributed by atoms with Crippen LogP contribution in [0.4, 0.5) is 9.52 Å². The molecule has 0 radical (unpaired) electrons. The van der Waals surface area contributed by atoms with Crippen LogP contribution >= 0.6 is 23.1 Å². The smallest absolute Gasteiger partial charge is 0.226 e. The van der Waals surface area contributed by atoms with Crippen LogP contribution in [0.15, 0.2) is 28.6 Å². The molecule has 4 nitrogen and oxygen atoms in total. The highest BCUT2D eigenvalue weighted by Gasteiger charge is 2.08. The molecule has 1 aromatic heterocycles. The van der Waals surface area contributed by atoms with Crippen molar-refractivity contribution >= 4 is 34.1 Å². The summed E-state index contributed by atoms with van der Waals surface area (Å²) in [6.07, 6.45) is 0.906. The molecular formula is C13H14FN3OS2. The summed E-state index contributed by atoms with van der Waals surface area (Å²) in [7, 11) is 0. The molecule has 0 aliphatic heterocycles. The molecule has 1 heterocycles. The maximum Gasteiger partial charge on any atom is 0.226 e. The zero-order valence-corrected chi connectivity index (χ0v) is 12.6. The van der Waals surface area contributed by atoms with E-state index in [1.165, 1.54) is 23.5 Å². The lowest BCUT2D eigenvalue weighted by Crippen LogP contribution is -2.12. The second-order valence-electron chi connectivity index (χ2n) is 3.98. The summed E-state index contributed by atoms with van der Waals surface area (Å²) < 4.78 is 13.6. The quantitative estimate of drug-likeness (QED) is 0.656. The fraction of sp³-hybridized carbons (Fsp3) is 0.308. The molecule has 7 heteroatoms. The van der Waals surface area contributed by atoms with Gasteiger partial charge in [0, 0.05) is 6.42 Å². The van der Waals surface area contributed by atoms with Crippen molar-refractivity contribution in [1.82, 2.24) is 10.2 Å². The van der Waals surface area contributed by atoms with Gasteiger partial charge in [0.25, 0.3) is 0 Å². The van der Waals surface area contributed by atoms with Crippen molar-refractivity contribution in [3.63, 3.8) is 0 Å². The van der Waals surface area contributed by atoms with Crippen molar-refractivity contribution in [3.8, 4) is 0 Å². The Morgan fingerprint density at radius 3 is 2.80 bits per heavy atom. The topological polar surface area (TPSA) is 54.9 Å². The molecule has 2 rings (SSSR count). The first-order valence-corrected chi connectivity index (χ1v) is 7.98. The van der Waals surface area contributed by atoms with E-state index < -0.39 is 0 Å². The maximum atomic E-state index is 12.7. The van der Waals surface area contributed by atoms with Crippen molar-refractivity contribution in [2.45, 2.75) is 24.1 Å². The van der Waals surface area contributed by atoms with E-state index in [4.69, 9.17) is 0 Å². The Balaban J connectivity index is 1.81. The van der Waals surface area contributed by atoms with E-state index in [2.05, 4.69) is 15.5 Å². The van der Waals surface area contributed by atoms with Gasteiger partial charge in [0.15, 0.2) is 4.34 Å². The largest absolute Gasteiger partial charge is 0.300 e. The summed E-state index contributed by atoms with van der Waals surface area (Å²) in [5.74, 6) is 0.541. The minimum Gasteiger partial charge on any atom is -0.300 e. The van der Waals surface area contributed by atoms with E-state index in [9.17, 15) is 9.18 Å². The number of thioether (sulfide) groups is 1. The number of anilines is 1. The zero-order valence-electron chi connectivity index (χ0n) is 10.9. The maximum absolute atomic E-state index is 12.7. The van der Waals surface area contributed by atoms with Crippen LogP contribution in [0.1, 0.15) is 18.9 Å². The fourth-order valence-corrected chi connectivity index (χ4v) is 3.20. The summed E-state index contributed by atoms with van der Waals surface area (Å²) in [6, 6.07) is 6.16. The molecule has 1 aromatic carbocycles. The first-order chi connectivity index (χ1) is 9.67. The number of hydrogen-bond donors (Lipinski definition) is 1. The first-order valence-electron chi connectivity index (χ1n) is 6.18. The average molecular weight is 311 g/mol. The lowest BCUT2D eigenvalue weighted by atomic mass is 10.1. The summed E-state index contributed by atoms with van der Waals surface area (Å²) >= 11 is 2.96. The average Bonchev–Trinajstić information content (AvgIpc) is 2.86. The molecule has 1 amide bonds. The SMILES string of the molecule is CCSc1nnc(NC(=O)CCc2ccc(F)cc2)s1. The van der Waals surface area contributed by atoms with Gasteiger partial charge < -0.3 is 5.32 Å². The van der Waals surface area contributed by atoms with E-state index in [-0.39, 0.29) is 11.7 Å². The fourth-order valence-electron chi connectivity index (χ4n) is 1.53. The lowest BCUT2D eigenvalue weighted by molar-refractivity contribution is -0.116. The van der Waals surface area contributed by atoms with Gasteiger partial charge in [-0.15, -0.1) is 10.2 Å². The highest BCUT2D eigenvalue weighted by atomic mass is 32.2. The molecule has 0 unspecified atom stereocenters. The molecule has 0 fully saturated rings. The Morgan fingerprint density at radius 1 is 1.35 bits per heavy atom. The van der Waals surface area contributed by atoms with Gasteiger partial charge in [0.1, 0.15) is 5.82 Å². The van der Waals surface area contributed by atoms with Gasteiger partial charge in [-0.3, -0.25) is 4.79 Å². The van der Waals surface area contributed by atoms with Crippen LogP contribution in [0.2, 0.25) is 0 Å². The summed E-state index contributed by atoms with van der Waals surface area (Å²) in [4.78, 5) is 11.8. The number of nitrogens with zero attached hydrogens (tertiary/aromatic N) is 2. The van der Waals surface area contributed by atoms with Gasteiger partial charge >= 0.3 is 0 Å². The van der Waals surface area contributed by atoms with Crippen LogP contribution in [-0.4, -0.2) is 21.9 Å². The molecule has 20 heavy (non-hydrogen) atoms. The molecule has 0 bridgehead atoms. The predicted octanol–water partition coefficient (Wildman–Crippen LogP) is 3.36. The molecule has 106 valence electrons. The van der Waals surface area contributed by atoms with Crippen molar-refractivity contribution < 1.29 is 9.18 Å². The van der Waals surface area contributed by atoms with Crippen molar-refractivity contribution in [3.05, 3.63) is 35.6 Å². The van der Waals surface area contributed by atoms with Crippen LogP contribution < -0.4 is 5.32 Å². The van der Waals surface area contributed by atoms with E-state index in [1.54, 1.807) is 23.9 Å². The Hall–Kier alpha value is -1.47. The van der Waals surface area contributed by atoms with Gasteiger partial charge in [-0.25, -0.2) is 4.39 Å². The number of amides is 1. The van der Waals surface area contributed by atoms with E-state index in [0.717, 1.165) is 15.7 Å². The highest BCUT2D eigenvalue weighted by molar-refractivity contribution is 8.01. The number of carbonyl (C=O) groups is 1. The second kappa shape index (κ2) is 7.35. The molecule has 0 atom stereocenters. The number of hydrogen-bond acceptors (Lipinski definition) is 5. The van der Waals surface area contributed by atoms with Crippen LogP contribution in [0, 0.1) is 5.82 Å². The molecule has 1 N–H and O–H groups in total. The molecule has 0 saturated heterocycles. The van der Waals surface area contributed by atoms with Crippen LogP contribution in [0.5, 0.6) is 0 Å². The Morgan fingerprint density at radius 2 is 2.10 bits per heavy atom. The molecule has 0 spiro atoms. The van der Waals surface area contributed by atoms with E-state index in [1.807, 2.05) is 6.92 Å².